The van der Waals surface area contributed by atoms with Gasteiger partial charge in [-0.25, -0.2) is 0 Å². The Labute approximate surface area is 158 Å². The lowest BCUT2D eigenvalue weighted by atomic mass is 9.51. The molecule has 4 bridgehead atoms. The fraction of sp³-hybridized carbons (Fsp3) is 0.524. The lowest BCUT2D eigenvalue weighted by Gasteiger charge is -2.54. The largest absolute Gasteiger partial charge is 0.298 e. The SMILES string of the molecule is O=C(CC1C2CC3CC(C2)CC1C3)NNc1ccnc2cc(Cl)ccc12. The van der Waals surface area contributed by atoms with Crippen LogP contribution in [-0.2, 0) is 4.79 Å². The van der Waals surface area contributed by atoms with E-state index in [0.29, 0.717) is 17.4 Å². The molecule has 4 fully saturated rings. The first-order valence-corrected chi connectivity index (χ1v) is 10.1. The van der Waals surface area contributed by atoms with Crippen molar-refractivity contribution in [2.45, 2.75) is 38.5 Å². The Hall–Kier alpha value is -1.81. The molecule has 1 heterocycles. The molecule has 1 aromatic heterocycles. The highest BCUT2D eigenvalue weighted by atomic mass is 35.5. The highest BCUT2D eigenvalue weighted by molar-refractivity contribution is 6.31. The molecule has 4 saturated carbocycles. The second-order valence-corrected chi connectivity index (χ2v) is 8.93. The third kappa shape index (κ3) is 2.94. The summed E-state index contributed by atoms with van der Waals surface area (Å²) in [7, 11) is 0. The number of rotatable bonds is 4. The predicted octanol–water partition coefficient (Wildman–Crippen LogP) is 4.79. The Morgan fingerprint density at radius 3 is 2.54 bits per heavy atom. The normalized spacial score (nSPS) is 32.0. The van der Waals surface area contributed by atoms with Gasteiger partial charge in [0.25, 0.3) is 0 Å². The minimum absolute atomic E-state index is 0.0985. The molecular formula is C21H24ClN3O. The number of hydrazine groups is 1. The molecule has 4 aliphatic carbocycles. The zero-order valence-corrected chi connectivity index (χ0v) is 15.5. The van der Waals surface area contributed by atoms with Gasteiger partial charge in [0.15, 0.2) is 0 Å². The number of fused-ring (bicyclic) bond motifs is 1. The van der Waals surface area contributed by atoms with E-state index >= 15 is 0 Å². The molecule has 4 nitrogen and oxygen atoms in total. The molecule has 6 rings (SSSR count). The van der Waals surface area contributed by atoms with Crippen molar-refractivity contribution in [2.75, 3.05) is 5.43 Å². The number of hydrogen-bond acceptors (Lipinski definition) is 3. The van der Waals surface area contributed by atoms with Gasteiger partial charge in [0.05, 0.1) is 11.2 Å². The maximum Gasteiger partial charge on any atom is 0.238 e. The number of nitrogens with zero attached hydrogens (tertiary/aromatic N) is 1. The molecule has 0 atom stereocenters. The van der Waals surface area contributed by atoms with Crippen LogP contribution in [0.15, 0.2) is 30.5 Å². The Balaban J connectivity index is 1.24. The second-order valence-electron chi connectivity index (χ2n) is 8.49. The van der Waals surface area contributed by atoms with Crippen LogP contribution < -0.4 is 10.9 Å². The molecule has 1 amide bonds. The van der Waals surface area contributed by atoms with Crippen molar-refractivity contribution in [3.63, 3.8) is 0 Å². The zero-order chi connectivity index (χ0) is 17.7. The van der Waals surface area contributed by atoms with Gasteiger partial charge in [-0.05, 0) is 86.0 Å². The molecule has 5 heteroatoms. The number of anilines is 1. The van der Waals surface area contributed by atoms with Gasteiger partial charge in [0.1, 0.15) is 0 Å². The van der Waals surface area contributed by atoms with Crippen molar-refractivity contribution in [2.24, 2.45) is 29.6 Å². The maximum absolute atomic E-state index is 12.6. The number of aromatic nitrogens is 1. The molecule has 136 valence electrons. The Kier molecular flexibility index (Phi) is 4.04. The first-order chi connectivity index (χ1) is 12.7. The fourth-order valence-corrected chi connectivity index (χ4v) is 6.17. The quantitative estimate of drug-likeness (QED) is 0.761. The molecule has 2 N–H and O–H groups in total. The van der Waals surface area contributed by atoms with Gasteiger partial charge in [0, 0.05) is 23.0 Å². The molecule has 0 aliphatic heterocycles. The molecule has 26 heavy (non-hydrogen) atoms. The smallest absolute Gasteiger partial charge is 0.238 e. The second kappa shape index (κ2) is 6.41. The fourth-order valence-electron chi connectivity index (χ4n) is 6.00. The summed E-state index contributed by atoms with van der Waals surface area (Å²) in [6, 6.07) is 7.47. The van der Waals surface area contributed by atoms with E-state index in [2.05, 4.69) is 15.8 Å². The van der Waals surface area contributed by atoms with Crippen LogP contribution in [0.1, 0.15) is 38.5 Å². The average molecular weight is 370 g/mol. The van der Waals surface area contributed by atoms with Crippen LogP contribution in [0.25, 0.3) is 10.9 Å². The van der Waals surface area contributed by atoms with E-state index < -0.39 is 0 Å². The molecule has 4 aliphatic rings. The number of benzene rings is 1. The van der Waals surface area contributed by atoms with Crippen molar-refractivity contribution >= 4 is 34.1 Å². The van der Waals surface area contributed by atoms with Gasteiger partial charge >= 0.3 is 0 Å². The van der Waals surface area contributed by atoms with Crippen molar-refractivity contribution in [1.29, 1.82) is 0 Å². The lowest BCUT2D eigenvalue weighted by Crippen LogP contribution is -2.46. The number of carbonyl (C=O) groups is 1. The summed E-state index contributed by atoms with van der Waals surface area (Å²) < 4.78 is 0. The minimum Gasteiger partial charge on any atom is -0.298 e. The molecule has 0 saturated heterocycles. The number of nitrogens with one attached hydrogen (secondary N) is 2. The number of carbonyl (C=O) groups excluding carboxylic acids is 1. The summed E-state index contributed by atoms with van der Waals surface area (Å²) in [5.41, 5.74) is 7.68. The van der Waals surface area contributed by atoms with E-state index in [1.807, 2.05) is 24.3 Å². The van der Waals surface area contributed by atoms with Crippen LogP contribution >= 0.6 is 11.6 Å². The van der Waals surface area contributed by atoms with Crippen molar-refractivity contribution < 1.29 is 4.79 Å². The molecule has 2 aromatic rings. The number of amides is 1. The molecule has 1 aromatic carbocycles. The van der Waals surface area contributed by atoms with E-state index in [0.717, 1.165) is 40.3 Å². The van der Waals surface area contributed by atoms with E-state index in [-0.39, 0.29) is 5.91 Å². The van der Waals surface area contributed by atoms with Crippen LogP contribution in [-0.4, -0.2) is 10.9 Å². The van der Waals surface area contributed by atoms with Crippen molar-refractivity contribution in [3.8, 4) is 0 Å². The summed E-state index contributed by atoms with van der Waals surface area (Å²) in [6.07, 6.45) is 9.25. The number of hydrogen-bond donors (Lipinski definition) is 2. The highest BCUT2D eigenvalue weighted by Gasteiger charge is 2.48. The molecular weight excluding hydrogens is 346 g/mol. The first kappa shape index (κ1) is 16.4. The van der Waals surface area contributed by atoms with Gasteiger partial charge in [-0.3, -0.25) is 20.6 Å². The van der Waals surface area contributed by atoms with Gasteiger partial charge < -0.3 is 0 Å². The zero-order valence-electron chi connectivity index (χ0n) is 14.7. The van der Waals surface area contributed by atoms with Gasteiger partial charge in [-0.2, -0.15) is 0 Å². The molecule has 0 radical (unpaired) electrons. The first-order valence-electron chi connectivity index (χ1n) is 9.75. The minimum atomic E-state index is 0.0985. The van der Waals surface area contributed by atoms with E-state index in [4.69, 9.17) is 11.6 Å². The number of pyridine rings is 1. The average Bonchev–Trinajstić information content (AvgIpc) is 2.62. The van der Waals surface area contributed by atoms with E-state index in [1.54, 1.807) is 6.20 Å². The van der Waals surface area contributed by atoms with Crippen LogP contribution in [0.2, 0.25) is 5.02 Å². The predicted molar refractivity (Wildman–Crippen MR) is 104 cm³/mol. The Bertz CT molecular complexity index is 824. The third-order valence-corrected chi connectivity index (χ3v) is 7.12. The maximum atomic E-state index is 12.6. The highest BCUT2D eigenvalue weighted by Crippen LogP contribution is 2.57. The van der Waals surface area contributed by atoms with Crippen molar-refractivity contribution in [1.82, 2.24) is 10.4 Å². The topological polar surface area (TPSA) is 54.0 Å². The molecule has 0 unspecified atom stereocenters. The van der Waals surface area contributed by atoms with E-state index in [9.17, 15) is 4.79 Å². The van der Waals surface area contributed by atoms with Gasteiger partial charge in [0.2, 0.25) is 5.91 Å². The Morgan fingerprint density at radius 1 is 1.08 bits per heavy atom. The van der Waals surface area contributed by atoms with Crippen LogP contribution in [0.5, 0.6) is 0 Å². The van der Waals surface area contributed by atoms with Gasteiger partial charge in [-0.1, -0.05) is 11.6 Å². The number of halogens is 1. The summed E-state index contributed by atoms with van der Waals surface area (Å²) in [5, 5.41) is 1.61. The van der Waals surface area contributed by atoms with Crippen LogP contribution in [0.3, 0.4) is 0 Å². The summed E-state index contributed by atoms with van der Waals surface area (Å²) >= 11 is 6.04. The van der Waals surface area contributed by atoms with E-state index in [1.165, 1.54) is 32.1 Å². The van der Waals surface area contributed by atoms with Crippen molar-refractivity contribution in [3.05, 3.63) is 35.5 Å². The van der Waals surface area contributed by atoms with Crippen LogP contribution in [0.4, 0.5) is 5.69 Å². The summed E-state index contributed by atoms with van der Waals surface area (Å²) in [6.45, 7) is 0. The summed E-state index contributed by atoms with van der Waals surface area (Å²) in [5.74, 6) is 4.13. The standard InChI is InChI=1S/C21H24ClN3O/c22-16-1-2-17-19(3-4-23-20(17)10-16)24-25-21(26)11-18-14-6-12-5-13(8-14)9-15(18)7-12/h1-4,10,12-15,18H,5-9,11H2,(H,23,24)(H,25,26). The summed E-state index contributed by atoms with van der Waals surface area (Å²) in [4.78, 5) is 16.9. The molecule has 0 spiro atoms. The van der Waals surface area contributed by atoms with Crippen LogP contribution in [0, 0.1) is 29.6 Å². The lowest BCUT2D eigenvalue weighted by molar-refractivity contribution is -0.125. The third-order valence-electron chi connectivity index (χ3n) is 6.88. The monoisotopic (exact) mass is 369 g/mol. The Morgan fingerprint density at radius 2 is 1.81 bits per heavy atom. The van der Waals surface area contributed by atoms with Gasteiger partial charge in [-0.15, -0.1) is 0 Å².